The van der Waals surface area contributed by atoms with Gasteiger partial charge in [-0.05, 0) is 50.1 Å². The highest BCUT2D eigenvalue weighted by Gasteiger charge is 2.34. The van der Waals surface area contributed by atoms with Gasteiger partial charge in [-0.25, -0.2) is 8.42 Å². The number of furan rings is 1. The Morgan fingerprint density at radius 2 is 2.06 bits per heavy atom. The van der Waals surface area contributed by atoms with Crippen LogP contribution in [0, 0.1) is 0 Å². The van der Waals surface area contributed by atoms with Gasteiger partial charge in [-0.3, -0.25) is 9.59 Å². The summed E-state index contributed by atoms with van der Waals surface area (Å²) in [7, 11) is -0.965. The molecule has 9 nitrogen and oxygen atoms in total. The number of piperidine rings is 1. The number of amides is 2. The summed E-state index contributed by atoms with van der Waals surface area (Å²) in [6, 6.07) is 7.62. The molecule has 0 spiro atoms. The van der Waals surface area contributed by atoms with E-state index in [0.717, 1.165) is 19.3 Å². The fourth-order valence-electron chi connectivity index (χ4n) is 3.73. The number of nitrogens with one attached hydrogen (secondary N) is 1. The first kappa shape index (κ1) is 23.8. The fraction of sp³-hybridized carbons (Fsp3) is 0.455. The van der Waals surface area contributed by atoms with Gasteiger partial charge in [0.25, 0.3) is 5.91 Å². The number of ether oxygens (including phenoxy) is 1. The van der Waals surface area contributed by atoms with Crippen LogP contribution in [-0.2, 0) is 21.4 Å². The summed E-state index contributed by atoms with van der Waals surface area (Å²) < 4.78 is 38.6. The predicted molar refractivity (Wildman–Crippen MR) is 118 cm³/mol. The molecule has 1 N–H and O–H groups in total. The SMILES string of the molecule is COc1ccc(C(=O)N(C)CC(=O)NCc2ccco2)cc1S(=O)(=O)N1CCCC[C@@H]1C. The molecule has 1 aliphatic heterocycles. The number of nitrogens with zero attached hydrogens (tertiary/aromatic N) is 2. The third kappa shape index (κ3) is 5.31. The first-order valence-corrected chi connectivity index (χ1v) is 11.9. The van der Waals surface area contributed by atoms with Crippen LogP contribution in [0.4, 0.5) is 0 Å². The van der Waals surface area contributed by atoms with Crippen LogP contribution in [0.2, 0.25) is 0 Å². The van der Waals surface area contributed by atoms with Gasteiger partial charge in [-0.2, -0.15) is 4.31 Å². The highest BCUT2D eigenvalue weighted by atomic mass is 32.2. The second-order valence-corrected chi connectivity index (χ2v) is 9.70. The van der Waals surface area contributed by atoms with Crippen LogP contribution >= 0.6 is 0 Å². The monoisotopic (exact) mass is 463 g/mol. The van der Waals surface area contributed by atoms with E-state index in [4.69, 9.17) is 9.15 Å². The lowest BCUT2D eigenvalue weighted by Gasteiger charge is -2.32. The second kappa shape index (κ2) is 10.2. The number of benzene rings is 1. The Labute approximate surface area is 188 Å². The molecule has 0 saturated carbocycles. The molecular formula is C22H29N3O6S. The first-order valence-electron chi connectivity index (χ1n) is 10.5. The molecule has 0 aliphatic carbocycles. The van der Waals surface area contributed by atoms with Crippen molar-refractivity contribution in [3.05, 3.63) is 47.9 Å². The standard InChI is InChI=1S/C22H29N3O6S/c1-16-7-4-5-11-25(16)32(28,29)20-13-17(9-10-19(20)30-3)22(27)24(2)15-21(26)23-14-18-8-6-12-31-18/h6,8-10,12-13,16H,4-5,7,11,14-15H2,1-3H3,(H,23,26)/t16-/m0/s1. The minimum atomic E-state index is -3.84. The van der Waals surface area contributed by atoms with E-state index in [9.17, 15) is 18.0 Å². The average Bonchev–Trinajstić information content (AvgIpc) is 3.30. The largest absolute Gasteiger partial charge is 0.495 e. The summed E-state index contributed by atoms with van der Waals surface area (Å²) in [5, 5.41) is 2.67. The van der Waals surface area contributed by atoms with Crippen LogP contribution in [0.25, 0.3) is 0 Å². The quantitative estimate of drug-likeness (QED) is 0.643. The lowest BCUT2D eigenvalue weighted by molar-refractivity contribution is -0.121. The van der Waals surface area contributed by atoms with Crippen LogP contribution in [0.1, 0.15) is 42.3 Å². The van der Waals surface area contributed by atoms with Crippen molar-refractivity contribution >= 4 is 21.8 Å². The highest BCUT2D eigenvalue weighted by Crippen LogP contribution is 2.31. The van der Waals surface area contributed by atoms with Gasteiger partial charge in [0.05, 0.1) is 26.5 Å². The molecular weight excluding hydrogens is 434 g/mol. The van der Waals surface area contributed by atoms with Crippen molar-refractivity contribution in [1.82, 2.24) is 14.5 Å². The molecule has 1 atom stereocenters. The first-order chi connectivity index (χ1) is 15.2. The van der Waals surface area contributed by atoms with Crippen molar-refractivity contribution in [3.8, 4) is 5.75 Å². The zero-order chi connectivity index (χ0) is 23.3. The average molecular weight is 464 g/mol. The van der Waals surface area contributed by atoms with E-state index >= 15 is 0 Å². The molecule has 1 fully saturated rings. The van der Waals surface area contributed by atoms with Gasteiger partial charge in [-0.15, -0.1) is 0 Å². The Kier molecular flexibility index (Phi) is 7.57. The molecule has 2 amide bonds. The summed E-state index contributed by atoms with van der Waals surface area (Å²) in [4.78, 5) is 26.3. The van der Waals surface area contributed by atoms with Gasteiger partial charge in [-0.1, -0.05) is 6.42 Å². The third-order valence-electron chi connectivity index (χ3n) is 5.51. The lowest BCUT2D eigenvalue weighted by Crippen LogP contribution is -2.42. The molecule has 1 aromatic carbocycles. The molecule has 2 aromatic rings. The number of carbonyl (C=O) groups excluding carboxylic acids is 2. The van der Waals surface area contributed by atoms with E-state index in [1.807, 2.05) is 6.92 Å². The lowest BCUT2D eigenvalue weighted by atomic mass is 10.1. The summed E-state index contributed by atoms with van der Waals surface area (Å²) in [5.41, 5.74) is 0.162. The summed E-state index contributed by atoms with van der Waals surface area (Å²) in [6.45, 7) is 2.34. The minimum Gasteiger partial charge on any atom is -0.495 e. The number of sulfonamides is 1. The molecule has 174 valence electrons. The van der Waals surface area contributed by atoms with E-state index in [1.54, 1.807) is 12.1 Å². The molecule has 0 radical (unpaired) electrons. The molecule has 1 aliphatic rings. The van der Waals surface area contributed by atoms with Gasteiger partial charge < -0.3 is 19.4 Å². The zero-order valence-corrected chi connectivity index (χ0v) is 19.4. The van der Waals surface area contributed by atoms with Crippen LogP contribution in [0.3, 0.4) is 0 Å². The van der Waals surface area contributed by atoms with Crippen molar-refractivity contribution in [2.24, 2.45) is 0 Å². The minimum absolute atomic E-state index is 0.0460. The number of hydrogen-bond acceptors (Lipinski definition) is 6. The second-order valence-electron chi connectivity index (χ2n) is 7.84. The van der Waals surface area contributed by atoms with Crippen LogP contribution in [0.15, 0.2) is 45.9 Å². The van der Waals surface area contributed by atoms with Crippen LogP contribution in [-0.4, -0.2) is 62.7 Å². The van der Waals surface area contributed by atoms with Crippen molar-refractivity contribution in [1.29, 1.82) is 0 Å². The van der Waals surface area contributed by atoms with Gasteiger partial charge in [0.1, 0.15) is 16.4 Å². The molecule has 1 saturated heterocycles. The van der Waals surface area contributed by atoms with E-state index < -0.39 is 15.9 Å². The Morgan fingerprint density at radius 1 is 1.28 bits per heavy atom. The number of likely N-dealkylation sites (N-methyl/N-ethyl adjacent to an activating group) is 1. The summed E-state index contributed by atoms with van der Waals surface area (Å²) in [5.74, 6) is -0.0490. The molecule has 0 bridgehead atoms. The Balaban J connectivity index is 1.76. The zero-order valence-electron chi connectivity index (χ0n) is 18.5. The normalized spacial score (nSPS) is 17.0. The highest BCUT2D eigenvalue weighted by molar-refractivity contribution is 7.89. The molecule has 2 heterocycles. The van der Waals surface area contributed by atoms with Crippen molar-refractivity contribution in [2.75, 3.05) is 27.2 Å². The summed E-state index contributed by atoms with van der Waals surface area (Å²) >= 11 is 0. The molecule has 0 unspecified atom stereocenters. The van der Waals surface area contributed by atoms with Crippen molar-refractivity contribution in [3.63, 3.8) is 0 Å². The molecule has 32 heavy (non-hydrogen) atoms. The smallest absolute Gasteiger partial charge is 0.254 e. The number of carbonyl (C=O) groups is 2. The van der Waals surface area contributed by atoms with Crippen molar-refractivity contribution < 1.29 is 27.2 Å². The van der Waals surface area contributed by atoms with Gasteiger partial charge >= 0.3 is 0 Å². The maximum Gasteiger partial charge on any atom is 0.254 e. The fourth-order valence-corrected chi connectivity index (χ4v) is 5.61. The topological polar surface area (TPSA) is 109 Å². The van der Waals surface area contributed by atoms with Gasteiger partial charge in [0.15, 0.2) is 0 Å². The summed E-state index contributed by atoms with van der Waals surface area (Å²) in [6.07, 6.45) is 4.07. The Morgan fingerprint density at radius 3 is 2.72 bits per heavy atom. The third-order valence-corrected chi connectivity index (χ3v) is 7.54. The number of hydrogen-bond donors (Lipinski definition) is 1. The molecule has 1 aromatic heterocycles. The number of rotatable bonds is 8. The van der Waals surface area contributed by atoms with Crippen LogP contribution in [0.5, 0.6) is 5.75 Å². The number of methoxy groups -OCH3 is 1. The van der Waals surface area contributed by atoms with Crippen LogP contribution < -0.4 is 10.1 Å². The Hall–Kier alpha value is -2.85. The van der Waals surface area contributed by atoms with E-state index in [1.165, 1.54) is 47.8 Å². The van der Waals surface area contributed by atoms with E-state index in [-0.39, 0.29) is 41.2 Å². The van der Waals surface area contributed by atoms with Gasteiger partial charge in [0, 0.05) is 25.2 Å². The van der Waals surface area contributed by atoms with E-state index in [0.29, 0.717) is 12.3 Å². The maximum absolute atomic E-state index is 13.3. The van der Waals surface area contributed by atoms with Gasteiger partial charge in [0.2, 0.25) is 15.9 Å². The maximum atomic E-state index is 13.3. The van der Waals surface area contributed by atoms with Crippen molar-refractivity contribution in [2.45, 2.75) is 43.7 Å². The Bertz CT molecular complexity index is 1050. The van der Waals surface area contributed by atoms with E-state index in [2.05, 4.69) is 5.32 Å². The molecule has 10 heteroatoms. The molecule has 3 rings (SSSR count). The predicted octanol–water partition coefficient (Wildman–Crippen LogP) is 2.24.